The number of hydrogen-bond donors (Lipinski definition) is 1. The molecule has 0 spiro atoms. The topological polar surface area (TPSA) is 54.6 Å². The highest BCUT2D eigenvalue weighted by atomic mass is 19.1. The molecular formula is C10H9FN2O2. The Morgan fingerprint density at radius 2 is 2.40 bits per heavy atom. The Labute approximate surface area is 85.0 Å². The van der Waals surface area contributed by atoms with Crippen LogP contribution in [0.2, 0.25) is 0 Å². The van der Waals surface area contributed by atoms with Gasteiger partial charge in [-0.3, -0.25) is 4.79 Å². The van der Waals surface area contributed by atoms with Crippen LogP contribution in [-0.4, -0.2) is 20.5 Å². The standard InChI is InChI=1S/C10H9FN2O2/c1-6-10-7(11)3-2-4-13(10)8(12-6)5-9(14)15/h2-4H,5H2,1H3,(H,14,15). The molecule has 78 valence electrons. The van der Waals surface area contributed by atoms with Crippen LogP contribution in [0.15, 0.2) is 18.3 Å². The van der Waals surface area contributed by atoms with Crippen LogP contribution in [0.1, 0.15) is 11.5 Å². The van der Waals surface area contributed by atoms with Crippen LogP contribution in [0.3, 0.4) is 0 Å². The maximum Gasteiger partial charge on any atom is 0.311 e. The molecule has 0 unspecified atom stereocenters. The van der Waals surface area contributed by atoms with E-state index in [1.807, 2.05) is 0 Å². The summed E-state index contributed by atoms with van der Waals surface area (Å²) in [6, 6.07) is 2.85. The molecule has 0 aromatic carbocycles. The minimum absolute atomic E-state index is 0.210. The molecule has 0 atom stereocenters. The van der Waals surface area contributed by atoms with E-state index in [4.69, 9.17) is 5.11 Å². The molecule has 5 heteroatoms. The van der Waals surface area contributed by atoms with Crippen LogP contribution >= 0.6 is 0 Å². The van der Waals surface area contributed by atoms with Gasteiger partial charge in [0.1, 0.15) is 23.6 Å². The summed E-state index contributed by atoms with van der Waals surface area (Å²) >= 11 is 0. The number of fused-ring (bicyclic) bond motifs is 1. The number of aromatic nitrogens is 2. The summed E-state index contributed by atoms with van der Waals surface area (Å²) in [4.78, 5) is 14.6. The molecular weight excluding hydrogens is 199 g/mol. The van der Waals surface area contributed by atoms with Crippen molar-refractivity contribution in [2.45, 2.75) is 13.3 Å². The number of hydrogen-bond acceptors (Lipinski definition) is 2. The van der Waals surface area contributed by atoms with Crippen LogP contribution in [0.5, 0.6) is 0 Å². The summed E-state index contributed by atoms with van der Waals surface area (Å²) in [7, 11) is 0. The summed E-state index contributed by atoms with van der Waals surface area (Å²) in [5, 5.41) is 8.66. The van der Waals surface area contributed by atoms with Gasteiger partial charge in [0.25, 0.3) is 0 Å². The highest BCUT2D eigenvalue weighted by Gasteiger charge is 2.13. The van der Waals surface area contributed by atoms with Crippen LogP contribution in [0.4, 0.5) is 4.39 Å². The Morgan fingerprint density at radius 3 is 3.07 bits per heavy atom. The molecule has 0 bridgehead atoms. The van der Waals surface area contributed by atoms with Gasteiger partial charge in [0.2, 0.25) is 0 Å². The second kappa shape index (κ2) is 3.34. The largest absolute Gasteiger partial charge is 0.481 e. The molecule has 0 aliphatic rings. The molecule has 0 saturated heterocycles. The molecule has 0 aliphatic heterocycles. The smallest absolute Gasteiger partial charge is 0.311 e. The monoisotopic (exact) mass is 208 g/mol. The fourth-order valence-corrected chi connectivity index (χ4v) is 1.60. The van der Waals surface area contributed by atoms with E-state index in [9.17, 15) is 9.18 Å². The molecule has 2 rings (SSSR count). The first kappa shape index (κ1) is 9.64. The Morgan fingerprint density at radius 1 is 1.67 bits per heavy atom. The van der Waals surface area contributed by atoms with Gasteiger partial charge < -0.3 is 9.51 Å². The van der Waals surface area contributed by atoms with E-state index in [2.05, 4.69) is 4.98 Å². The van der Waals surface area contributed by atoms with Crippen molar-refractivity contribution >= 4 is 11.5 Å². The zero-order chi connectivity index (χ0) is 11.0. The van der Waals surface area contributed by atoms with Crippen molar-refractivity contribution in [1.82, 2.24) is 9.38 Å². The molecule has 15 heavy (non-hydrogen) atoms. The number of carboxylic acid groups (broad SMARTS) is 1. The number of imidazole rings is 1. The zero-order valence-corrected chi connectivity index (χ0v) is 8.07. The first-order chi connectivity index (χ1) is 7.09. The first-order valence-corrected chi connectivity index (χ1v) is 4.43. The van der Waals surface area contributed by atoms with E-state index < -0.39 is 5.97 Å². The van der Waals surface area contributed by atoms with Crippen molar-refractivity contribution in [3.8, 4) is 0 Å². The van der Waals surface area contributed by atoms with E-state index in [1.165, 1.54) is 16.5 Å². The van der Waals surface area contributed by atoms with Crippen molar-refractivity contribution < 1.29 is 14.3 Å². The van der Waals surface area contributed by atoms with Crippen LogP contribution in [0, 0.1) is 12.7 Å². The van der Waals surface area contributed by atoms with Crippen molar-refractivity contribution in [2.24, 2.45) is 0 Å². The van der Waals surface area contributed by atoms with Gasteiger partial charge in [0, 0.05) is 6.20 Å². The van der Waals surface area contributed by atoms with Crippen molar-refractivity contribution in [3.05, 3.63) is 35.7 Å². The molecule has 0 radical (unpaired) electrons. The SMILES string of the molecule is Cc1nc(CC(=O)O)n2cccc(F)c12. The lowest BCUT2D eigenvalue weighted by Crippen LogP contribution is -2.04. The number of aryl methyl sites for hydroxylation is 1. The Hall–Kier alpha value is -1.91. The number of halogens is 1. The second-order valence-corrected chi connectivity index (χ2v) is 3.26. The summed E-state index contributed by atoms with van der Waals surface area (Å²) in [5.41, 5.74) is 0.845. The maximum atomic E-state index is 13.4. The van der Waals surface area contributed by atoms with Crippen LogP contribution < -0.4 is 0 Å². The molecule has 0 amide bonds. The predicted octanol–water partition coefficient (Wildman–Crippen LogP) is 1.41. The summed E-state index contributed by atoms with van der Waals surface area (Å²) in [5.74, 6) is -1.03. The third kappa shape index (κ3) is 1.56. The molecule has 2 aromatic heterocycles. The third-order valence-electron chi connectivity index (χ3n) is 2.17. The van der Waals surface area contributed by atoms with Crippen molar-refractivity contribution in [3.63, 3.8) is 0 Å². The van der Waals surface area contributed by atoms with Gasteiger partial charge in [-0.15, -0.1) is 0 Å². The van der Waals surface area contributed by atoms with Gasteiger partial charge in [0.05, 0.1) is 5.69 Å². The first-order valence-electron chi connectivity index (χ1n) is 4.43. The predicted molar refractivity (Wildman–Crippen MR) is 51.2 cm³/mol. The van der Waals surface area contributed by atoms with Gasteiger partial charge in [-0.25, -0.2) is 9.37 Å². The average molecular weight is 208 g/mol. The van der Waals surface area contributed by atoms with Crippen LogP contribution in [0.25, 0.3) is 5.52 Å². The molecule has 2 aromatic rings. The number of rotatable bonds is 2. The number of carboxylic acids is 1. The minimum atomic E-state index is -0.980. The lowest BCUT2D eigenvalue weighted by atomic mass is 10.3. The average Bonchev–Trinajstić information content (AvgIpc) is 2.44. The molecule has 0 aliphatic carbocycles. The van der Waals surface area contributed by atoms with Crippen LogP contribution in [-0.2, 0) is 11.2 Å². The molecule has 4 nitrogen and oxygen atoms in total. The minimum Gasteiger partial charge on any atom is -0.481 e. The fourth-order valence-electron chi connectivity index (χ4n) is 1.60. The highest BCUT2D eigenvalue weighted by molar-refractivity contribution is 5.70. The van der Waals surface area contributed by atoms with Gasteiger partial charge >= 0.3 is 5.97 Å². The second-order valence-electron chi connectivity index (χ2n) is 3.26. The highest BCUT2D eigenvalue weighted by Crippen LogP contribution is 2.16. The summed E-state index contributed by atoms with van der Waals surface area (Å²) in [6.45, 7) is 1.66. The van der Waals surface area contributed by atoms with Gasteiger partial charge in [0.15, 0.2) is 0 Å². The molecule has 1 N–H and O–H groups in total. The lowest BCUT2D eigenvalue weighted by molar-refractivity contribution is -0.136. The van der Waals surface area contributed by atoms with Crippen molar-refractivity contribution in [1.29, 1.82) is 0 Å². The fraction of sp³-hybridized carbons (Fsp3) is 0.200. The summed E-state index contributed by atoms with van der Waals surface area (Å²) in [6.07, 6.45) is 1.40. The van der Waals surface area contributed by atoms with Crippen molar-refractivity contribution in [2.75, 3.05) is 0 Å². The molecule has 0 saturated carbocycles. The Balaban J connectivity index is 2.68. The van der Waals surface area contributed by atoms with E-state index in [0.717, 1.165) is 0 Å². The third-order valence-corrected chi connectivity index (χ3v) is 2.17. The van der Waals surface area contributed by atoms with Gasteiger partial charge in [-0.05, 0) is 19.1 Å². The number of aliphatic carboxylic acids is 1. The number of pyridine rings is 1. The number of nitrogens with zero attached hydrogens (tertiary/aromatic N) is 2. The van der Waals surface area contributed by atoms with E-state index in [-0.39, 0.29) is 12.2 Å². The zero-order valence-electron chi connectivity index (χ0n) is 8.07. The van der Waals surface area contributed by atoms with E-state index >= 15 is 0 Å². The Kier molecular flexibility index (Phi) is 2.15. The molecule has 2 heterocycles. The summed E-state index contributed by atoms with van der Waals surface area (Å²) < 4.78 is 14.9. The van der Waals surface area contributed by atoms with Gasteiger partial charge in [-0.2, -0.15) is 0 Å². The maximum absolute atomic E-state index is 13.4. The van der Waals surface area contributed by atoms with Gasteiger partial charge in [-0.1, -0.05) is 0 Å². The Bertz CT molecular complexity index is 533. The normalized spacial score (nSPS) is 10.8. The molecule has 0 fully saturated rings. The number of carbonyl (C=O) groups is 1. The lowest BCUT2D eigenvalue weighted by Gasteiger charge is -1.98. The quantitative estimate of drug-likeness (QED) is 0.811. The van der Waals surface area contributed by atoms with E-state index in [0.29, 0.717) is 17.0 Å². The van der Waals surface area contributed by atoms with E-state index in [1.54, 1.807) is 13.1 Å².